The first-order valence-corrected chi connectivity index (χ1v) is 10.3. The maximum atomic E-state index is 14.0. The van der Waals surface area contributed by atoms with Gasteiger partial charge in [-0.3, -0.25) is 4.99 Å². The first-order chi connectivity index (χ1) is 14.1. The minimum Gasteiger partial charge on any atom is -0.491 e. The molecule has 0 radical (unpaired) electrons. The molecular weight excluding hydrogens is 367 g/mol. The molecule has 0 aromatic heterocycles. The first kappa shape index (κ1) is 21.0. The highest BCUT2D eigenvalue weighted by Crippen LogP contribution is 2.24. The summed E-state index contributed by atoms with van der Waals surface area (Å²) < 4.78 is 19.3. The molecule has 2 aromatic carbocycles. The SMILES string of the molecule is CCOc1ccc(CNC(=NC)NC(C)c2cccc(N3CCCC3)c2)cc1F. The van der Waals surface area contributed by atoms with Crippen LogP contribution in [0.15, 0.2) is 47.5 Å². The second kappa shape index (κ2) is 10.1. The number of hydrogen-bond acceptors (Lipinski definition) is 3. The van der Waals surface area contributed by atoms with E-state index < -0.39 is 0 Å². The van der Waals surface area contributed by atoms with Crippen molar-refractivity contribution in [3.63, 3.8) is 0 Å². The van der Waals surface area contributed by atoms with Gasteiger partial charge in [-0.05, 0) is 62.1 Å². The maximum Gasteiger partial charge on any atom is 0.191 e. The molecule has 1 heterocycles. The Kier molecular flexibility index (Phi) is 7.33. The van der Waals surface area contributed by atoms with E-state index in [1.54, 1.807) is 13.1 Å². The molecule has 1 atom stereocenters. The molecule has 5 nitrogen and oxygen atoms in total. The second-order valence-corrected chi connectivity index (χ2v) is 7.28. The monoisotopic (exact) mass is 398 g/mol. The highest BCUT2D eigenvalue weighted by molar-refractivity contribution is 5.80. The number of hydrogen-bond donors (Lipinski definition) is 2. The molecule has 0 saturated carbocycles. The Bertz CT molecular complexity index is 833. The Morgan fingerprint density at radius 3 is 2.69 bits per heavy atom. The van der Waals surface area contributed by atoms with Crippen LogP contribution >= 0.6 is 0 Å². The molecule has 29 heavy (non-hydrogen) atoms. The lowest BCUT2D eigenvalue weighted by Crippen LogP contribution is -2.38. The molecule has 156 valence electrons. The van der Waals surface area contributed by atoms with E-state index in [2.05, 4.69) is 51.7 Å². The van der Waals surface area contributed by atoms with Gasteiger partial charge in [-0.2, -0.15) is 0 Å². The smallest absolute Gasteiger partial charge is 0.191 e. The van der Waals surface area contributed by atoms with Crippen molar-refractivity contribution in [3.05, 3.63) is 59.4 Å². The molecule has 0 aliphatic carbocycles. The number of aliphatic imine (C=N–C) groups is 1. The van der Waals surface area contributed by atoms with Crippen molar-refractivity contribution in [2.75, 3.05) is 31.6 Å². The molecule has 6 heteroatoms. The van der Waals surface area contributed by atoms with E-state index in [1.165, 1.54) is 30.2 Å². The van der Waals surface area contributed by atoms with Crippen LogP contribution in [0, 0.1) is 5.82 Å². The summed E-state index contributed by atoms with van der Waals surface area (Å²) >= 11 is 0. The number of nitrogens with one attached hydrogen (secondary N) is 2. The lowest BCUT2D eigenvalue weighted by Gasteiger charge is -2.22. The third kappa shape index (κ3) is 5.62. The highest BCUT2D eigenvalue weighted by atomic mass is 19.1. The molecular formula is C23H31FN4O. The molecule has 1 saturated heterocycles. The van der Waals surface area contributed by atoms with Gasteiger partial charge in [0.2, 0.25) is 0 Å². The van der Waals surface area contributed by atoms with E-state index >= 15 is 0 Å². The standard InChI is InChI=1S/C23H31FN4O/c1-4-29-22-11-10-18(14-21(22)24)16-26-23(25-3)27-17(2)19-8-7-9-20(15-19)28-12-5-6-13-28/h7-11,14-15,17H,4-6,12-13,16H2,1-3H3,(H2,25,26,27). The molecule has 1 aliphatic rings. The van der Waals surface area contributed by atoms with Crippen molar-refractivity contribution in [2.45, 2.75) is 39.3 Å². The van der Waals surface area contributed by atoms with Crippen LogP contribution in [0.4, 0.5) is 10.1 Å². The summed E-state index contributed by atoms with van der Waals surface area (Å²) in [6, 6.07) is 13.8. The van der Waals surface area contributed by atoms with Crippen molar-refractivity contribution in [1.29, 1.82) is 0 Å². The summed E-state index contributed by atoms with van der Waals surface area (Å²) in [7, 11) is 1.74. The lowest BCUT2D eigenvalue weighted by molar-refractivity contribution is 0.321. The number of anilines is 1. The zero-order chi connectivity index (χ0) is 20.6. The molecule has 0 bridgehead atoms. The van der Waals surface area contributed by atoms with Gasteiger partial charge in [0.15, 0.2) is 17.5 Å². The Balaban J connectivity index is 1.58. The fourth-order valence-corrected chi connectivity index (χ4v) is 3.56. The summed E-state index contributed by atoms with van der Waals surface area (Å²) in [5.41, 5.74) is 3.32. The van der Waals surface area contributed by atoms with Crippen LogP contribution in [0.1, 0.15) is 43.9 Å². The Labute approximate surface area is 173 Å². The van der Waals surface area contributed by atoms with E-state index in [0.717, 1.165) is 18.7 Å². The predicted octanol–water partition coefficient (Wildman–Crippen LogP) is 4.25. The zero-order valence-corrected chi connectivity index (χ0v) is 17.5. The van der Waals surface area contributed by atoms with Crippen LogP contribution in [0.5, 0.6) is 5.75 Å². The van der Waals surface area contributed by atoms with Gasteiger partial charge >= 0.3 is 0 Å². The lowest BCUT2D eigenvalue weighted by atomic mass is 10.1. The molecule has 0 amide bonds. The fourth-order valence-electron chi connectivity index (χ4n) is 3.56. The Hall–Kier alpha value is -2.76. The normalized spacial score (nSPS) is 15.3. The van der Waals surface area contributed by atoms with Gasteiger partial charge in [-0.1, -0.05) is 18.2 Å². The second-order valence-electron chi connectivity index (χ2n) is 7.28. The number of nitrogens with zero attached hydrogens (tertiary/aromatic N) is 2. The third-order valence-corrected chi connectivity index (χ3v) is 5.17. The van der Waals surface area contributed by atoms with Crippen molar-refractivity contribution < 1.29 is 9.13 Å². The quantitative estimate of drug-likeness (QED) is 0.541. The van der Waals surface area contributed by atoms with Gasteiger partial charge in [0, 0.05) is 32.4 Å². The van der Waals surface area contributed by atoms with E-state index in [0.29, 0.717) is 19.1 Å². The minimum absolute atomic E-state index is 0.0980. The Morgan fingerprint density at radius 1 is 1.21 bits per heavy atom. The summed E-state index contributed by atoms with van der Waals surface area (Å²) in [6.07, 6.45) is 2.53. The minimum atomic E-state index is -0.346. The van der Waals surface area contributed by atoms with Gasteiger partial charge in [0.25, 0.3) is 0 Å². The van der Waals surface area contributed by atoms with E-state index in [-0.39, 0.29) is 17.6 Å². The molecule has 2 aromatic rings. The molecule has 1 unspecified atom stereocenters. The van der Waals surface area contributed by atoms with Crippen LogP contribution in [0.25, 0.3) is 0 Å². The van der Waals surface area contributed by atoms with E-state index in [4.69, 9.17) is 4.74 Å². The summed E-state index contributed by atoms with van der Waals surface area (Å²) in [5.74, 6) is 0.616. The van der Waals surface area contributed by atoms with Gasteiger partial charge < -0.3 is 20.3 Å². The maximum absolute atomic E-state index is 14.0. The molecule has 2 N–H and O–H groups in total. The third-order valence-electron chi connectivity index (χ3n) is 5.17. The number of halogens is 1. The van der Waals surface area contributed by atoms with Gasteiger partial charge in [0.05, 0.1) is 12.6 Å². The van der Waals surface area contributed by atoms with Gasteiger partial charge in [-0.25, -0.2) is 4.39 Å². The number of rotatable bonds is 7. The first-order valence-electron chi connectivity index (χ1n) is 10.3. The van der Waals surface area contributed by atoms with Crippen LogP contribution < -0.4 is 20.3 Å². The van der Waals surface area contributed by atoms with Crippen LogP contribution in [-0.2, 0) is 6.54 Å². The van der Waals surface area contributed by atoms with E-state index in [9.17, 15) is 4.39 Å². The summed E-state index contributed by atoms with van der Waals surface area (Å²) in [5, 5.41) is 6.67. The number of benzene rings is 2. The van der Waals surface area contributed by atoms with Crippen LogP contribution in [0.2, 0.25) is 0 Å². The zero-order valence-electron chi connectivity index (χ0n) is 17.5. The molecule has 1 aliphatic heterocycles. The molecule has 0 spiro atoms. The summed E-state index contributed by atoms with van der Waals surface area (Å²) in [6.45, 7) is 7.14. The average Bonchev–Trinajstić information content (AvgIpc) is 3.28. The van der Waals surface area contributed by atoms with Crippen molar-refractivity contribution in [2.24, 2.45) is 4.99 Å². The Morgan fingerprint density at radius 2 is 2.00 bits per heavy atom. The van der Waals surface area contributed by atoms with E-state index in [1.807, 2.05) is 13.0 Å². The number of ether oxygens (including phenoxy) is 1. The highest BCUT2D eigenvalue weighted by Gasteiger charge is 2.14. The molecule has 1 fully saturated rings. The number of guanidine groups is 1. The van der Waals surface area contributed by atoms with Crippen molar-refractivity contribution in [1.82, 2.24) is 10.6 Å². The van der Waals surface area contributed by atoms with Crippen molar-refractivity contribution in [3.8, 4) is 5.75 Å². The van der Waals surface area contributed by atoms with Crippen LogP contribution in [-0.4, -0.2) is 32.7 Å². The van der Waals surface area contributed by atoms with Crippen molar-refractivity contribution >= 4 is 11.6 Å². The summed E-state index contributed by atoms with van der Waals surface area (Å²) in [4.78, 5) is 6.74. The topological polar surface area (TPSA) is 48.9 Å². The fraction of sp³-hybridized carbons (Fsp3) is 0.435. The van der Waals surface area contributed by atoms with Gasteiger partial charge in [-0.15, -0.1) is 0 Å². The van der Waals surface area contributed by atoms with Gasteiger partial charge in [0.1, 0.15) is 0 Å². The molecule has 3 rings (SSSR count). The predicted molar refractivity (Wildman–Crippen MR) is 117 cm³/mol. The largest absolute Gasteiger partial charge is 0.491 e. The van der Waals surface area contributed by atoms with Crippen LogP contribution in [0.3, 0.4) is 0 Å². The average molecular weight is 399 g/mol.